The van der Waals surface area contributed by atoms with Crippen molar-refractivity contribution in [2.75, 3.05) is 36.5 Å². The molecule has 0 bridgehead atoms. The molecule has 29 heavy (non-hydrogen) atoms. The Kier molecular flexibility index (Phi) is 5.82. The summed E-state index contributed by atoms with van der Waals surface area (Å²) in [6.07, 6.45) is 2.23. The number of hydrogen-bond donors (Lipinski definition) is 1. The van der Waals surface area contributed by atoms with Crippen LogP contribution in [0.3, 0.4) is 0 Å². The highest BCUT2D eigenvalue weighted by molar-refractivity contribution is 7.14. The maximum Gasteiger partial charge on any atom is 0.267 e. The number of aryl methyl sites for hydroxylation is 1. The van der Waals surface area contributed by atoms with E-state index < -0.39 is 0 Å². The molecule has 1 N–H and O–H groups in total. The number of carbonyl (C=O) groups is 1. The number of pyridine rings is 1. The summed E-state index contributed by atoms with van der Waals surface area (Å²) in [7, 11) is 0. The number of amides is 1. The lowest BCUT2D eigenvalue weighted by Gasteiger charge is -2.27. The molecule has 150 valence electrons. The van der Waals surface area contributed by atoms with Gasteiger partial charge in [0.25, 0.3) is 5.91 Å². The molecule has 1 amide bonds. The van der Waals surface area contributed by atoms with E-state index in [4.69, 9.17) is 4.74 Å². The van der Waals surface area contributed by atoms with Crippen LogP contribution in [-0.4, -0.2) is 42.2 Å². The van der Waals surface area contributed by atoms with Gasteiger partial charge in [0.2, 0.25) is 0 Å². The first-order valence-corrected chi connectivity index (χ1v) is 10.2. The number of nitrogens with zero attached hydrogens (tertiary/aromatic N) is 3. The molecule has 0 radical (unpaired) electrons. The summed E-state index contributed by atoms with van der Waals surface area (Å²) in [5.41, 5.74) is 2.28. The van der Waals surface area contributed by atoms with E-state index >= 15 is 0 Å². The van der Waals surface area contributed by atoms with Crippen molar-refractivity contribution < 1.29 is 13.9 Å². The Labute approximate surface area is 172 Å². The molecule has 3 aromatic rings. The molecule has 0 spiro atoms. The SMILES string of the molecule is Cc1nc(Cc2ccc(F)cc2)sc1C(=O)Nc1ccc(N2CCOCC2)nc1. The van der Waals surface area contributed by atoms with Gasteiger partial charge in [-0.3, -0.25) is 4.79 Å². The Morgan fingerprint density at radius 1 is 1.21 bits per heavy atom. The predicted octanol–water partition coefficient (Wildman–Crippen LogP) is 3.67. The van der Waals surface area contributed by atoms with E-state index in [1.807, 2.05) is 19.1 Å². The fourth-order valence-corrected chi connectivity index (χ4v) is 4.14. The fourth-order valence-electron chi connectivity index (χ4n) is 3.14. The predicted molar refractivity (Wildman–Crippen MR) is 111 cm³/mol. The minimum absolute atomic E-state index is 0.203. The maximum atomic E-state index is 13.1. The molecule has 1 aliphatic heterocycles. The van der Waals surface area contributed by atoms with Crippen LogP contribution in [0.4, 0.5) is 15.9 Å². The standard InChI is InChI=1S/C21H21FN4O2S/c1-14-20(29-19(24-14)12-15-2-4-16(22)5-3-15)21(27)25-17-6-7-18(23-13-17)26-8-10-28-11-9-26/h2-7,13H,8-12H2,1H3,(H,25,27). The monoisotopic (exact) mass is 412 g/mol. The lowest BCUT2D eigenvalue weighted by Crippen LogP contribution is -2.36. The van der Waals surface area contributed by atoms with Crippen LogP contribution in [0.5, 0.6) is 0 Å². The molecule has 1 fully saturated rings. The van der Waals surface area contributed by atoms with Gasteiger partial charge in [-0.25, -0.2) is 14.4 Å². The number of anilines is 2. The Morgan fingerprint density at radius 2 is 1.97 bits per heavy atom. The molecular weight excluding hydrogens is 391 g/mol. The summed E-state index contributed by atoms with van der Waals surface area (Å²) < 4.78 is 18.4. The van der Waals surface area contributed by atoms with Crippen LogP contribution in [0.2, 0.25) is 0 Å². The largest absolute Gasteiger partial charge is 0.378 e. The molecule has 6 nitrogen and oxygen atoms in total. The summed E-state index contributed by atoms with van der Waals surface area (Å²) >= 11 is 1.35. The van der Waals surface area contributed by atoms with Gasteiger partial charge in [0.15, 0.2) is 0 Å². The number of halogens is 1. The Hall–Kier alpha value is -2.84. The van der Waals surface area contributed by atoms with Gasteiger partial charge in [-0.15, -0.1) is 11.3 Å². The van der Waals surface area contributed by atoms with Crippen LogP contribution < -0.4 is 10.2 Å². The van der Waals surface area contributed by atoms with Gasteiger partial charge in [-0.2, -0.15) is 0 Å². The van der Waals surface area contributed by atoms with Crippen LogP contribution >= 0.6 is 11.3 Å². The molecule has 1 saturated heterocycles. The number of carbonyl (C=O) groups excluding carboxylic acids is 1. The van der Waals surface area contributed by atoms with Gasteiger partial charge in [0.05, 0.1) is 35.8 Å². The van der Waals surface area contributed by atoms with Crippen molar-refractivity contribution in [1.82, 2.24) is 9.97 Å². The number of morpholine rings is 1. The summed E-state index contributed by atoms with van der Waals surface area (Å²) in [6, 6.07) is 10.1. The van der Waals surface area contributed by atoms with E-state index in [0.29, 0.717) is 35.9 Å². The van der Waals surface area contributed by atoms with Crippen molar-refractivity contribution in [2.24, 2.45) is 0 Å². The molecule has 3 heterocycles. The average Bonchev–Trinajstić information content (AvgIpc) is 3.11. The van der Waals surface area contributed by atoms with Crippen molar-refractivity contribution in [3.63, 3.8) is 0 Å². The Morgan fingerprint density at radius 3 is 2.66 bits per heavy atom. The van der Waals surface area contributed by atoms with Gasteiger partial charge in [-0.1, -0.05) is 12.1 Å². The summed E-state index contributed by atoms with van der Waals surface area (Å²) in [5, 5.41) is 3.71. The average molecular weight is 412 g/mol. The zero-order valence-electron chi connectivity index (χ0n) is 16.0. The van der Waals surface area contributed by atoms with Gasteiger partial charge in [0.1, 0.15) is 16.5 Å². The first-order valence-electron chi connectivity index (χ1n) is 9.39. The van der Waals surface area contributed by atoms with Crippen molar-refractivity contribution in [3.8, 4) is 0 Å². The molecule has 0 saturated carbocycles. The van der Waals surface area contributed by atoms with Gasteiger partial charge >= 0.3 is 0 Å². The number of thiazole rings is 1. The third kappa shape index (κ3) is 4.78. The van der Waals surface area contributed by atoms with E-state index in [9.17, 15) is 9.18 Å². The van der Waals surface area contributed by atoms with Gasteiger partial charge < -0.3 is 15.0 Å². The highest BCUT2D eigenvalue weighted by Crippen LogP contribution is 2.23. The minimum atomic E-state index is -0.266. The molecular formula is C21H21FN4O2S. The van der Waals surface area contributed by atoms with E-state index in [0.717, 1.165) is 29.5 Å². The fraction of sp³-hybridized carbons (Fsp3) is 0.286. The normalized spacial score (nSPS) is 14.1. The third-order valence-electron chi connectivity index (χ3n) is 4.66. The summed E-state index contributed by atoms with van der Waals surface area (Å²) in [4.78, 5) is 24.4. The van der Waals surface area contributed by atoms with E-state index in [1.54, 1.807) is 18.3 Å². The molecule has 0 atom stereocenters. The molecule has 1 aromatic carbocycles. The maximum absolute atomic E-state index is 13.1. The van der Waals surface area contributed by atoms with Crippen LogP contribution in [0.15, 0.2) is 42.6 Å². The molecule has 0 aliphatic carbocycles. The highest BCUT2D eigenvalue weighted by Gasteiger charge is 2.17. The molecule has 4 rings (SSSR count). The van der Waals surface area contributed by atoms with Crippen molar-refractivity contribution in [2.45, 2.75) is 13.3 Å². The quantitative estimate of drug-likeness (QED) is 0.693. The second-order valence-corrected chi connectivity index (χ2v) is 7.87. The van der Waals surface area contributed by atoms with E-state index in [1.165, 1.54) is 23.5 Å². The Bertz CT molecular complexity index is 983. The van der Waals surface area contributed by atoms with Crippen LogP contribution in [-0.2, 0) is 11.2 Å². The number of hydrogen-bond acceptors (Lipinski definition) is 6. The topological polar surface area (TPSA) is 67.4 Å². The van der Waals surface area contributed by atoms with Crippen molar-refractivity contribution in [1.29, 1.82) is 0 Å². The van der Waals surface area contributed by atoms with Crippen LogP contribution in [0.1, 0.15) is 25.9 Å². The summed E-state index contributed by atoms with van der Waals surface area (Å²) in [5.74, 6) is 0.408. The minimum Gasteiger partial charge on any atom is -0.378 e. The zero-order valence-corrected chi connectivity index (χ0v) is 16.8. The molecule has 2 aromatic heterocycles. The number of nitrogens with one attached hydrogen (secondary N) is 1. The highest BCUT2D eigenvalue weighted by atomic mass is 32.1. The number of ether oxygens (including phenoxy) is 1. The lowest BCUT2D eigenvalue weighted by molar-refractivity contribution is 0.102. The number of rotatable bonds is 5. The number of aromatic nitrogens is 2. The van der Waals surface area contributed by atoms with Gasteiger partial charge in [0, 0.05) is 19.5 Å². The second-order valence-electron chi connectivity index (χ2n) is 6.78. The first-order chi connectivity index (χ1) is 14.1. The Balaban J connectivity index is 1.41. The van der Waals surface area contributed by atoms with Crippen LogP contribution in [0, 0.1) is 12.7 Å². The molecule has 1 aliphatic rings. The smallest absolute Gasteiger partial charge is 0.267 e. The van der Waals surface area contributed by atoms with Crippen molar-refractivity contribution in [3.05, 3.63) is 69.6 Å². The first kappa shape index (κ1) is 19.5. The second kappa shape index (κ2) is 8.67. The zero-order chi connectivity index (χ0) is 20.2. The molecule has 8 heteroatoms. The van der Waals surface area contributed by atoms with Crippen molar-refractivity contribution >= 4 is 28.7 Å². The third-order valence-corrected chi connectivity index (χ3v) is 5.81. The number of benzene rings is 1. The lowest BCUT2D eigenvalue weighted by atomic mass is 10.1. The van der Waals surface area contributed by atoms with Crippen LogP contribution in [0.25, 0.3) is 0 Å². The van der Waals surface area contributed by atoms with E-state index in [2.05, 4.69) is 20.2 Å². The van der Waals surface area contributed by atoms with E-state index in [-0.39, 0.29) is 11.7 Å². The van der Waals surface area contributed by atoms with Gasteiger partial charge in [-0.05, 0) is 36.8 Å². The molecule has 0 unspecified atom stereocenters. The summed E-state index contributed by atoms with van der Waals surface area (Å²) in [6.45, 7) is 4.85.